The third-order valence-corrected chi connectivity index (χ3v) is 3.67. The number of benzene rings is 2. The Morgan fingerprint density at radius 3 is 2.65 bits per heavy atom. The summed E-state index contributed by atoms with van der Waals surface area (Å²) in [6.07, 6.45) is 1.31. The van der Waals surface area contributed by atoms with Crippen LogP contribution >= 0.6 is 0 Å². The second-order valence-electron chi connectivity index (χ2n) is 5.42. The fourth-order valence-corrected chi connectivity index (χ4v) is 2.44. The Labute approximate surface area is 146 Å². The topological polar surface area (TPSA) is 46.9 Å². The SMILES string of the molecule is O=C(Nc1c(-c2cccc(F)c2)ccc(F)c1F)n1ccc(CCF)n1. The van der Waals surface area contributed by atoms with Gasteiger partial charge < -0.3 is 5.32 Å². The van der Waals surface area contributed by atoms with Crippen molar-refractivity contribution in [2.24, 2.45) is 0 Å². The molecule has 0 aliphatic rings. The van der Waals surface area contributed by atoms with Gasteiger partial charge in [0.2, 0.25) is 0 Å². The summed E-state index contributed by atoms with van der Waals surface area (Å²) < 4.78 is 54.6. The van der Waals surface area contributed by atoms with Crippen molar-refractivity contribution in [2.45, 2.75) is 6.42 Å². The van der Waals surface area contributed by atoms with E-state index in [2.05, 4.69) is 10.4 Å². The van der Waals surface area contributed by atoms with Gasteiger partial charge >= 0.3 is 6.03 Å². The first-order valence-electron chi connectivity index (χ1n) is 7.65. The molecule has 0 saturated carbocycles. The maximum Gasteiger partial charge on any atom is 0.346 e. The normalized spacial score (nSPS) is 10.8. The van der Waals surface area contributed by atoms with Crippen molar-refractivity contribution in [1.82, 2.24) is 9.78 Å². The van der Waals surface area contributed by atoms with Crippen molar-refractivity contribution in [3.63, 3.8) is 0 Å². The van der Waals surface area contributed by atoms with Crippen LogP contribution in [0.4, 0.5) is 28.0 Å². The highest BCUT2D eigenvalue weighted by Crippen LogP contribution is 2.32. The third kappa shape index (κ3) is 3.58. The van der Waals surface area contributed by atoms with Crippen molar-refractivity contribution in [3.8, 4) is 11.1 Å². The third-order valence-electron chi connectivity index (χ3n) is 3.67. The molecule has 0 aliphatic heterocycles. The van der Waals surface area contributed by atoms with Crippen LogP contribution < -0.4 is 5.32 Å². The van der Waals surface area contributed by atoms with Crippen molar-refractivity contribution in [3.05, 3.63) is 71.8 Å². The molecule has 1 aromatic heterocycles. The summed E-state index contributed by atoms with van der Waals surface area (Å²) >= 11 is 0. The molecule has 1 N–H and O–H groups in total. The first kappa shape index (κ1) is 17.7. The quantitative estimate of drug-likeness (QED) is 0.691. The van der Waals surface area contributed by atoms with Gasteiger partial charge in [0, 0.05) is 18.2 Å². The molecule has 3 aromatic rings. The van der Waals surface area contributed by atoms with Crippen LogP contribution in [0.1, 0.15) is 5.69 Å². The van der Waals surface area contributed by atoms with Crippen LogP contribution in [0.5, 0.6) is 0 Å². The summed E-state index contributed by atoms with van der Waals surface area (Å²) in [4.78, 5) is 12.3. The fourth-order valence-electron chi connectivity index (χ4n) is 2.44. The Bertz CT molecular complexity index is 955. The number of hydrogen-bond acceptors (Lipinski definition) is 2. The predicted octanol–water partition coefficient (Wildman–Crippen LogP) is 4.56. The monoisotopic (exact) mass is 363 g/mol. The van der Waals surface area contributed by atoms with E-state index in [9.17, 15) is 22.4 Å². The van der Waals surface area contributed by atoms with E-state index in [-0.39, 0.29) is 17.5 Å². The van der Waals surface area contributed by atoms with Gasteiger partial charge in [-0.3, -0.25) is 4.39 Å². The molecule has 0 unspecified atom stereocenters. The number of aromatic nitrogens is 2. The summed E-state index contributed by atoms with van der Waals surface area (Å²) in [6, 6.07) is 7.95. The van der Waals surface area contributed by atoms with Crippen molar-refractivity contribution in [1.29, 1.82) is 0 Å². The number of amides is 1. The Balaban J connectivity index is 1.98. The van der Waals surface area contributed by atoms with E-state index in [4.69, 9.17) is 0 Å². The lowest BCUT2D eigenvalue weighted by Crippen LogP contribution is -2.21. The summed E-state index contributed by atoms with van der Waals surface area (Å²) in [5, 5.41) is 6.09. The lowest BCUT2D eigenvalue weighted by atomic mass is 10.0. The average Bonchev–Trinajstić information content (AvgIpc) is 3.08. The van der Waals surface area contributed by atoms with Crippen LogP contribution in [0, 0.1) is 17.5 Å². The number of nitrogens with zero attached hydrogens (tertiary/aromatic N) is 2. The number of hydrogen-bond donors (Lipinski definition) is 1. The molecular formula is C18H13F4N3O. The van der Waals surface area contributed by atoms with Gasteiger partial charge in [-0.2, -0.15) is 9.78 Å². The number of aryl methyl sites for hydroxylation is 1. The zero-order valence-electron chi connectivity index (χ0n) is 13.3. The van der Waals surface area contributed by atoms with Gasteiger partial charge in [0.15, 0.2) is 11.6 Å². The first-order valence-corrected chi connectivity index (χ1v) is 7.65. The fraction of sp³-hybridized carbons (Fsp3) is 0.111. The Kier molecular flexibility index (Phi) is 5.01. The Hall–Kier alpha value is -3.16. The van der Waals surface area contributed by atoms with Crippen LogP contribution in [0.3, 0.4) is 0 Å². The molecule has 1 heterocycles. The van der Waals surface area contributed by atoms with Crippen molar-refractivity contribution >= 4 is 11.7 Å². The van der Waals surface area contributed by atoms with E-state index >= 15 is 0 Å². The minimum Gasteiger partial charge on any atom is -0.303 e. The second-order valence-corrected chi connectivity index (χ2v) is 5.42. The van der Waals surface area contributed by atoms with Crippen molar-refractivity contribution < 1.29 is 22.4 Å². The van der Waals surface area contributed by atoms with Gasteiger partial charge in [-0.25, -0.2) is 18.0 Å². The highest BCUT2D eigenvalue weighted by atomic mass is 19.2. The summed E-state index contributed by atoms with van der Waals surface area (Å²) in [5.41, 5.74) is 0.265. The Morgan fingerprint density at radius 1 is 1.12 bits per heavy atom. The van der Waals surface area contributed by atoms with Crippen LogP contribution in [-0.2, 0) is 6.42 Å². The molecule has 26 heavy (non-hydrogen) atoms. The molecule has 8 heteroatoms. The van der Waals surface area contributed by atoms with E-state index in [1.807, 2.05) is 0 Å². The van der Waals surface area contributed by atoms with E-state index < -0.39 is 35.8 Å². The molecular weight excluding hydrogens is 350 g/mol. The maximum absolute atomic E-state index is 14.3. The zero-order chi connectivity index (χ0) is 18.7. The number of nitrogens with one attached hydrogen (secondary N) is 1. The van der Waals surface area contributed by atoms with E-state index in [1.54, 1.807) is 0 Å². The highest BCUT2D eigenvalue weighted by Gasteiger charge is 2.19. The lowest BCUT2D eigenvalue weighted by molar-refractivity contribution is 0.250. The maximum atomic E-state index is 14.3. The van der Waals surface area contributed by atoms with Gasteiger partial charge in [0.25, 0.3) is 0 Å². The molecule has 1 amide bonds. The minimum atomic E-state index is -1.28. The molecule has 2 aromatic carbocycles. The van der Waals surface area contributed by atoms with Gasteiger partial charge in [-0.1, -0.05) is 12.1 Å². The lowest BCUT2D eigenvalue weighted by Gasteiger charge is -2.13. The zero-order valence-corrected chi connectivity index (χ0v) is 13.3. The number of halogens is 4. The Morgan fingerprint density at radius 2 is 1.92 bits per heavy atom. The van der Waals surface area contributed by atoms with Crippen LogP contribution in [-0.4, -0.2) is 22.5 Å². The number of carbonyl (C=O) groups excluding carboxylic acids is 1. The summed E-state index contributed by atoms with van der Waals surface area (Å²) in [6.45, 7) is -0.638. The summed E-state index contributed by atoms with van der Waals surface area (Å²) in [5.74, 6) is -3.01. The molecule has 0 spiro atoms. The van der Waals surface area contributed by atoms with Crippen LogP contribution in [0.25, 0.3) is 11.1 Å². The number of rotatable bonds is 4. The number of alkyl halides is 1. The molecule has 4 nitrogen and oxygen atoms in total. The molecule has 3 rings (SSSR count). The van der Waals surface area contributed by atoms with E-state index in [0.717, 1.165) is 16.8 Å². The number of carbonyl (C=O) groups is 1. The number of anilines is 1. The smallest absolute Gasteiger partial charge is 0.303 e. The summed E-state index contributed by atoms with van der Waals surface area (Å²) in [7, 11) is 0. The molecule has 0 saturated heterocycles. The predicted molar refractivity (Wildman–Crippen MR) is 88.1 cm³/mol. The molecule has 0 atom stereocenters. The first-order chi connectivity index (χ1) is 12.5. The highest BCUT2D eigenvalue weighted by molar-refractivity contribution is 5.95. The molecule has 0 fully saturated rings. The molecule has 134 valence electrons. The molecule has 0 bridgehead atoms. The van der Waals surface area contributed by atoms with E-state index in [1.165, 1.54) is 36.5 Å². The second kappa shape index (κ2) is 7.38. The van der Waals surface area contributed by atoms with Gasteiger partial charge in [0.05, 0.1) is 18.1 Å². The minimum absolute atomic E-state index is 0.0309. The van der Waals surface area contributed by atoms with Crippen molar-refractivity contribution in [2.75, 3.05) is 12.0 Å². The van der Waals surface area contributed by atoms with E-state index in [0.29, 0.717) is 5.69 Å². The van der Waals surface area contributed by atoms with Crippen LogP contribution in [0.15, 0.2) is 48.7 Å². The van der Waals surface area contributed by atoms with Gasteiger partial charge in [-0.15, -0.1) is 0 Å². The molecule has 0 aliphatic carbocycles. The molecule has 0 radical (unpaired) electrons. The van der Waals surface area contributed by atoms with Gasteiger partial charge in [0.1, 0.15) is 5.82 Å². The average molecular weight is 363 g/mol. The standard InChI is InChI=1S/C18H13F4N3O/c19-8-6-13-7-9-25(24-13)18(26)23-17-14(4-5-15(21)16(17)22)11-2-1-3-12(20)10-11/h1-5,7,9-10H,6,8H2,(H,23,26). The van der Waals surface area contributed by atoms with Crippen LogP contribution in [0.2, 0.25) is 0 Å². The van der Waals surface area contributed by atoms with Gasteiger partial charge in [-0.05, 0) is 35.9 Å². The largest absolute Gasteiger partial charge is 0.346 e.